The number of nitrogens with one attached hydrogen (secondary N) is 2. The van der Waals surface area contributed by atoms with E-state index in [1.165, 1.54) is 0 Å². The summed E-state index contributed by atoms with van der Waals surface area (Å²) >= 11 is 0. The van der Waals surface area contributed by atoms with E-state index in [2.05, 4.69) is 15.5 Å². The molecule has 6 heteroatoms. The number of nitrogens with zero attached hydrogens (tertiary/aromatic N) is 1. The van der Waals surface area contributed by atoms with Gasteiger partial charge < -0.3 is 25.0 Å². The van der Waals surface area contributed by atoms with Crippen LogP contribution in [0, 0.1) is 0 Å². The summed E-state index contributed by atoms with van der Waals surface area (Å²) in [6, 6.07) is 15.1. The molecule has 138 valence electrons. The van der Waals surface area contributed by atoms with Gasteiger partial charge in [0.05, 0.1) is 20.3 Å². The zero-order chi connectivity index (χ0) is 18.4. The number of rotatable bonds is 6. The summed E-state index contributed by atoms with van der Waals surface area (Å²) in [5.41, 5.74) is 2.81. The second-order valence-corrected chi connectivity index (χ2v) is 6.23. The Morgan fingerprint density at radius 2 is 1.65 bits per heavy atom. The molecule has 2 N–H and O–H groups in total. The van der Waals surface area contributed by atoms with Crippen molar-refractivity contribution >= 4 is 23.0 Å². The van der Waals surface area contributed by atoms with Crippen molar-refractivity contribution in [3.63, 3.8) is 0 Å². The first-order valence-electron chi connectivity index (χ1n) is 8.80. The van der Waals surface area contributed by atoms with Crippen LogP contribution >= 0.6 is 0 Å². The standard InChI is InChI=1S/C20H25N3O3/c1-15(21-16-5-9-19(25-2)10-6-16)20(24)22-17-3-7-18(8-4-17)23-11-13-26-14-12-23/h3-10,15,21H,11-14H2,1-2H3,(H,22,24)/t15-/m1/s1. The Hall–Kier alpha value is -2.73. The SMILES string of the molecule is COc1ccc(N[C@H](C)C(=O)Nc2ccc(N3CCOCC3)cc2)cc1. The molecule has 1 heterocycles. The van der Waals surface area contributed by atoms with Gasteiger partial charge in [0.2, 0.25) is 5.91 Å². The summed E-state index contributed by atoms with van der Waals surface area (Å²) in [6.07, 6.45) is 0. The largest absolute Gasteiger partial charge is 0.497 e. The van der Waals surface area contributed by atoms with E-state index in [4.69, 9.17) is 9.47 Å². The van der Waals surface area contributed by atoms with Crippen LogP contribution in [0.15, 0.2) is 48.5 Å². The van der Waals surface area contributed by atoms with Gasteiger partial charge in [0.15, 0.2) is 0 Å². The summed E-state index contributed by atoms with van der Waals surface area (Å²) in [7, 11) is 1.63. The minimum atomic E-state index is -0.359. The van der Waals surface area contributed by atoms with Crippen LogP contribution in [-0.4, -0.2) is 45.4 Å². The fourth-order valence-electron chi connectivity index (χ4n) is 2.83. The minimum Gasteiger partial charge on any atom is -0.497 e. The average Bonchev–Trinajstić information content (AvgIpc) is 2.70. The second-order valence-electron chi connectivity index (χ2n) is 6.23. The van der Waals surface area contributed by atoms with Crippen molar-refractivity contribution in [3.05, 3.63) is 48.5 Å². The first kappa shape index (κ1) is 18.1. The van der Waals surface area contributed by atoms with Crippen LogP contribution in [0.4, 0.5) is 17.1 Å². The van der Waals surface area contributed by atoms with E-state index in [1.807, 2.05) is 55.5 Å². The van der Waals surface area contributed by atoms with Crippen molar-refractivity contribution in [2.24, 2.45) is 0 Å². The van der Waals surface area contributed by atoms with Gasteiger partial charge in [-0.05, 0) is 55.5 Å². The topological polar surface area (TPSA) is 62.8 Å². The van der Waals surface area contributed by atoms with E-state index in [0.29, 0.717) is 0 Å². The lowest BCUT2D eigenvalue weighted by Crippen LogP contribution is -2.36. The van der Waals surface area contributed by atoms with Gasteiger partial charge in [-0.2, -0.15) is 0 Å². The van der Waals surface area contributed by atoms with Gasteiger partial charge in [-0.15, -0.1) is 0 Å². The number of carbonyl (C=O) groups is 1. The summed E-state index contributed by atoms with van der Waals surface area (Å²) in [5, 5.41) is 6.13. The molecule has 1 aliphatic heterocycles. The molecule has 3 rings (SSSR count). The number of methoxy groups -OCH3 is 1. The van der Waals surface area contributed by atoms with Crippen LogP contribution in [0.25, 0.3) is 0 Å². The summed E-state index contributed by atoms with van der Waals surface area (Å²) < 4.78 is 10.5. The van der Waals surface area contributed by atoms with Gasteiger partial charge in [0, 0.05) is 30.2 Å². The molecule has 0 bridgehead atoms. The summed E-state index contributed by atoms with van der Waals surface area (Å²) in [5.74, 6) is 0.702. The molecule has 2 aromatic carbocycles. The molecule has 0 saturated carbocycles. The normalized spacial score (nSPS) is 15.2. The van der Waals surface area contributed by atoms with E-state index in [0.717, 1.165) is 49.1 Å². The fourth-order valence-corrected chi connectivity index (χ4v) is 2.83. The molecule has 6 nitrogen and oxygen atoms in total. The highest BCUT2D eigenvalue weighted by Crippen LogP contribution is 2.20. The number of hydrogen-bond acceptors (Lipinski definition) is 5. The maximum absolute atomic E-state index is 12.4. The maximum atomic E-state index is 12.4. The second kappa shape index (κ2) is 8.58. The van der Waals surface area contributed by atoms with Crippen LogP contribution in [0.5, 0.6) is 5.75 Å². The minimum absolute atomic E-state index is 0.0834. The number of ether oxygens (including phenoxy) is 2. The molecular formula is C20H25N3O3. The predicted molar refractivity (Wildman–Crippen MR) is 104 cm³/mol. The van der Waals surface area contributed by atoms with Gasteiger partial charge in [0.1, 0.15) is 11.8 Å². The predicted octanol–water partition coefficient (Wildman–Crippen LogP) is 2.97. The summed E-state index contributed by atoms with van der Waals surface area (Å²) in [4.78, 5) is 14.7. The Bertz CT molecular complexity index is 710. The highest BCUT2D eigenvalue weighted by molar-refractivity contribution is 5.96. The molecule has 0 aromatic heterocycles. The molecule has 26 heavy (non-hydrogen) atoms. The van der Waals surface area contributed by atoms with E-state index in [9.17, 15) is 4.79 Å². The van der Waals surface area contributed by atoms with Crippen LogP contribution in [0.3, 0.4) is 0 Å². The van der Waals surface area contributed by atoms with Crippen molar-refractivity contribution in [2.75, 3.05) is 48.9 Å². The van der Waals surface area contributed by atoms with Gasteiger partial charge in [-0.25, -0.2) is 0 Å². The van der Waals surface area contributed by atoms with Crippen molar-refractivity contribution < 1.29 is 14.3 Å². The number of benzene rings is 2. The highest BCUT2D eigenvalue weighted by atomic mass is 16.5. The number of anilines is 3. The molecule has 1 amide bonds. The zero-order valence-electron chi connectivity index (χ0n) is 15.2. The van der Waals surface area contributed by atoms with Crippen LogP contribution in [0.2, 0.25) is 0 Å². The molecule has 1 fully saturated rings. The fraction of sp³-hybridized carbons (Fsp3) is 0.350. The molecule has 1 aliphatic rings. The Balaban J connectivity index is 1.54. The Labute approximate surface area is 154 Å². The molecule has 0 radical (unpaired) electrons. The first-order chi connectivity index (χ1) is 12.7. The smallest absolute Gasteiger partial charge is 0.246 e. The van der Waals surface area contributed by atoms with Gasteiger partial charge in [-0.3, -0.25) is 4.79 Å². The quantitative estimate of drug-likeness (QED) is 0.834. The molecular weight excluding hydrogens is 330 g/mol. The van der Waals surface area contributed by atoms with Crippen LogP contribution < -0.4 is 20.3 Å². The van der Waals surface area contributed by atoms with Gasteiger partial charge in [-0.1, -0.05) is 0 Å². The molecule has 0 unspecified atom stereocenters. The lowest BCUT2D eigenvalue weighted by molar-refractivity contribution is -0.116. The van der Waals surface area contributed by atoms with Crippen molar-refractivity contribution in [3.8, 4) is 5.75 Å². The maximum Gasteiger partial charge on any atom is 0.246 e. The molecule has 1 saturated heterocycles. The third kappa shape index (κ3) is 4.67. The lowest BCUT2D eigenvalue weighted by Gasteiger charge is -2.29. The van der Waals surface area contributed by atoms with Crippen LogP contribution in [0.1, 0.15) is 6.92 Å². The monoisotopic (exact) mass is 355 g/mol. The Morgan fingerprint density at radius 1 is 1.04 bits per heavy atom. The molecule has 2 aromatic rings. The van der Waals surface area contributed by atoms with Gasteiger partial charge >= 0.3 is 0 Å². The number of morpholine rings is 1. The van der Waals surface area contributed by atoms with E-state index in [-0.39, 0.29) is 11.9 Å². The van der Waals surface area contributed by atoms with Crippen molar-refractivity contribution in [2.45, 2.75) is 13.0 Å². The van der Waals surface area contributed by atoms with Crippen molar-refractivity contribution in [1.29, 1.82) is 0 Å². The Kier molecular flexibility index (Phi) is 5.96. The molecule has 1 atom stereocenters. The van der Waals surface area contributed by atoms with E-state index >= 15 is 0 Å². The van der Waals surface area contributed by atoms with E-state index in [1.54, 1.807) is 7.11 Å². The third-order valence-corrected chi connectivity index (χ3v) is 4.38. The summed E-state index contributed by atoms with van der Waals surface area (Å²) in [6.45, 7) is 5.14. The van der Waals surface area contributed by atoms with Crippen LogP contribution in [-0.2, 0) is 9.53 Å². The third-order valence-electron chi connectivity index (χ3n) is 4.38. The number of amides is 1. The Morgan fingerprint density at radius 3 is 2.27 bits per heavy atom. The lowest BCUT2D eigenvalue weighted by atomic mass is 10.2. The number of carbonyl (C=O) groups excluding carboxylic acids is 1. The molecule has 0 aliphatic carbocycles. The van der Waals surface area contributed by atoms with E-state index < -0.39 is 0 Å². The van der Waals surface area contributed by atoms with Crippen molar-refractivity contribution in [1.82, 2.24) is 0 Å². The first-order valence-corrected chi connectivity index (χ1v) is 8.80. The highest BCUT2D eigenvalue weighted by Gasteiger charge is 2.14. The number of hydrogen-bond donors (Lipinski definition) is 2. The average molecular weight is 355 g/mol. The zero-order valence-corrected chi connectivity index (χ0v) is 15.2. The van der Waals surface area contributed by atoms with Gasteiger partial charge in [0.25, 0.3) is 0 Å². The molecule has 0 spiro atoms.